The molecule has 1 unspecified atom stereocenters. The van der Waals surface area contributed by atoms with Gasteiger partial charge in [-0.3, -0.25) is 0 Å². The van der Waals surface area contributed by atoms with E-state index in [0.29, 0.717) is 13.2 Å². The summed E-state index contributed by atoms with van der Waals surface area (Å²) < 4.78 is 6.28. The van der Waals surface area contributed by atoms with Gasteiger partial charge in [-0.15, -0.1) is 0 Å². The molecule has 1 fully saturated rings. The molecule has 78 valence electrons. The average Bonchev–Trinajstić information content (AvgIpc) is 2.71. The lowest BCUT2D eigenvalue weighted by Crippen LogP contribution is -2.36. The summed E-state index contributed by atoms with van der Waals surface area (Å²) in [5.74, 6) is 0. The molecule has 0 aliphatic carbocycles. The van der Waals surface area contributed by atoms with E-state index in [2.05, 4.69) is 27.3 Å². The second-order valence-corrected chi connectivity index (χ2v) is 4.54. The van der Waals surface area contributed by atoms with Crippen molar-refractivity contribution < 1.29 is 4.74 Å². The highest BCUT2D eigenvalue weighted by atomic mass is 79.9. The fraction of sp³-hybridized carbons (Fsp3) is 0.364. The van der Waals surface area contributed by atoms with Crippen LogP contribution < -0.4 is 5.32 Å². The van der Waals surface area contributed by atoms with Crippen LogP contribution in [0.5, 0.6) is 0 Å². The van der Waals surface area contributed by atoms with Crippen molar-refractivity contribution in [2.45, 2.75) is 12.0 Å². The van der Waals surface area contributed by atoms with Crippen LogP contribution in [-0.4, -0.2) is 18.8 Å². The van der Waals surface area contributed by atoms with Gasteiger partial charge in [0.2, 0.25) is 0 Å². The van der Waals surface area contributed by atoms with Crippen molar-refractivity contribution in [2.75, 3.05) is 18.5 Å². The maximum Gasteiger partial charge on any atom is 0.151 e. The Hall–Kier alpha value is -1.05. The molecule has 1 saturated heterocycles. The topological polar surface area (TPSA) is 45.0 Å². The summed E-state index contributed by atoms with van der Waals surface area (Å²) in [5, 5.41) is 12.4. The molecule has 0 spiro atoms. The van der Waals surface area contributed by atoms with Gasteiger partial charge in [0, 0.05) is 16.6 Å². The number of hydrogen-bond donors (Lipinski definition) is 1. The zero-order valence-corrected chi connectivity index (χ0v) is 9.75. The van der Waals surface area contributed by atoms with E-state index in [0.717, 1.165) is 16.6 Å². The summed E-state index contributed by atoms with van der Waals surface area (Å²) in [6.45, 7) is 1.11. The third-order valence-electron chi connectivity index (χ3n) is 2.46. The highest BCUT2D eigenvalue weighted by molar-refractivity contribution is 9.10. The Labute approximate surface area is 97.2 Å². The molecule has 0 bridgehead atoms. The summed E-state index contributed by atoms with van der Waals surface area (Å²) in [6.07, 6.45) is 0.736. The molecule has 0 aromatic heterocycles. The number of nitrogens with one attached hydrogen (secondary N) is 1. The fourth-order valence-corrected chi connectivity index (χ4v) is 1.85. The molecule has 1 heterocycles. The standard InChI is InChI=1S/C11H11BrN2O/c12-9-1-3-10(4-2-9)14-11(7-13)5-6-15-8-11/h1-4,14H,5-6,8H2. The van der Waals surface area contributed by atoms with Crippen molar-refractivity contribution in [3.63, 3.8) is 0 Å². The van der Waals surface area contributed by atoms with Gasteiger partial charge in [-0.1, -0.05) is 15.9 Å². The number of benzene rings is 1. The minimum Gasteiger partial charge on any atom is -0.378 e. The third-order valence-corrected chi connectivity index (χ3v) is 2.99. The number of ether oxygens (including phenoxy) is 1. The largest absolute Gasteiger partial charge is 0.378 e. The Balaban J connectivity index is 2.14. The zero-order valence-electron chi connectivity index (χ0n) is 8.16. The van der Waals surface area contributed by atoms with E-state index >= 15 is 0 Å². The quantitative estimate of drug-likeness (QED) is 0.895. The molecule has 1 aromatic rings. The molecule has 1 aromatic carbocycles. The predicted octanol–water partition coefficient (Wildman–Crippen LogP) is 2.54. The van der Waals surface area contributed by atoms with Crippen molar-refractivity contribution in [3.05, 3.63) is 28.7 Å². The average molecular weight is 267 g/mol. The molecule has 0 saturated carbocycles. The van der Waals surface area contributed by atoms with Crippen LogP contribution in [0.15, 0.2) is 28.7 Å². The molecule has 1 atom stereocenters. The van der Waals surface area contributed by atoms with Crippen molar-refractivity contribution in [1.82, 2.24) is 0 Å². The summed E-state index contributed by atoms with van der Waals surface area (Å²) >= 11 is 3.37. The smallest absolute Gasteiger partial charge is 0.151 e. The van der Waals surface area contributed by atoms with Gasteiger partial charge >= 0.3 is 0 Å². The van der Waals surface area contributed by atoms with E-state index in [1.54, 1.807) is 0 Å². The van der Waals surface area contributed by atoms with Gasteiger partial charge in [0.15, 0.2) is 5.54 Å². The second kappa shape index (κ2) is 4.21. The molecular weight excluding hydrogens is 256 g/mol. The van der Waals surface area contributed by atoms with Crippen LogP contribution in [0.25, 0.3) is 0 Å². The van der Waals surface area contributed by atoms with Gasteiger partial charge in [0.25, 0.3) is 0 Å². The molecule has 1 aliphatic heterocycles. The normalized spacial score (nSPS) is 24.8. The highest BCUT2D eigenvalue weighted by Crippen LogP contribution is 2.24. The van der Waals surface area contributed by atoms with Crippen LogP contribution in [0, 0.1) is 11.3 Å². The summed E-state index contributed by atoms with van der Waals surface area (Å²) in [4.78, 5) is 0. The SMILES string of the molecule is N#CC1(Nc2ccc(Br)cc2)CCOC1. The Morgan fingerprint density at radius 3 is 2.67 bits per heavy atom. The van der Waals surface area contributed by atoms with Gasteiger partial charge in [-0.25, -0.2) is 0 Å². The van der Waals surface area contributed by atoms with Crippen LogP contribution in [0.4, 0.5) is 5.69 Å². The minimum absolute atomic E-state index is 0.458. The van der Waals surface area contributed by atoms with Gasteiger partial charge in [-0.05, 0) is 24.3 Å². The summed E-state index contributed by atoms with van der Waals surface area (Å²) in [5.41, 5.74) is 0.402. The fourth-order valence-electron chi connectivity index (χ4n) is 1.59. The van der Waals surface area contributed by atoms with E-state index in [9.17, 15) is 0 Å². The maximum atomic E-state index is 9.13. The van der Waals surface area contributed by atoms with E-state index in [-0.39, 0.29) is 0 Å². The lowest BCUT2D eigenvalue weighted by molar-refractivity contribution is 0.189. The molecule has 3 nitrogen and oxygen atoms in total. The van der Waals surface area contributed by atoms with Crippen molar-refractivity contribution in [3.8, 4) is 6.07 Å². The van der Waals surface area contributed by atoms with Crippen LogP contribution in [0.2, 0.25) is 0 Å². The van der Waals surface area contributed by atoms with Gasteiger partial charge in [0.05, 0.1) is 19.3 Å². The van der Waals surface area contributed by atoms with Crippen molar-refractivity contribution in [1.29, 1.82) is 5.26 Å². The van der Waals surface area contributed by atoms with Crippen LogP contribution in [0.1, 0.15) is 6.42 Å². The minimum atomic E-state index is -0.548. The molecule has 15 heavy (non-hydrogen) atoms. The molecular formula is C11H11BrN2O. The molecule has 4 heteroatoms. The van der Waals surface area contributed by atoms with Crippen LogP contribution in [-0.2, 0) is 4.74 Å². The van der Waals surface area contributed by atoms with Gasteiger partial charge in [0.1, 0.15) is 0 Å². The number of nitriles is 1. The summed E-state index contributed by atoms with van der Waals surface area (Å²) in [7, 11) is 0. The first-order valence-corrected chi connectivity index (χ1v) is 5.56. The lowest BCUT2D eigenvalue weighted by atomic mass is 10.0. The van der Waals surface area contributed by atoms with Crippen LogP contribution >= 0.6 is 15.9 Å². The number of nitrogens with zero attached hydrogens (tertiary/aromatic N) is 1. The van der Waals surface area contributed by atoms with Gasteiger partial charge < -0.3 is 10.1 Å². The number of rotatable bonds is 2. The van der Waals surface area contributed by atoms with E-state index in [4.69, 9.17) is 10.00 Å². The maximum absolute atomic E-state index is 9.13. The summed E-state index contributed by atoms with van der Waals surface area (Å²) in [6, 6.07) is 10.1. The molecule has 0 radical (unpaired) electrons. The number of hydrogen-bond acceptors (Lipinski definition) is 3. The van der Waals surface area contributed by atoms with E-state index in [1.165, 1.54) is 0 Å². The van der Waals surface area contributed by atoms with E-state index < -0.39 is 5.54 Å². The number of halogens is 1. The highest BCUT2D eigenvalue weighted by Gasteiger charge is 2.34. The van der Waals surface area contributed by atoms with Crippen LogP contribution in [0.3, 0.4) is 0 Å². The molecule has 1 aliphatic rings. The predicted molar refractivity (Wildman–Crippen MR) is 61.5 cm³/mol. The molecule has 0 amide bonds. The Kier molecular flexibility index (Phi) is 2.94. The van der Waals surface area contributed by atoms with Crippen molar-refractivity contribution >= 4 is 21.6 Å². The Bertz CT molecular complexity index is 377. The first kappa shape index (κ1) is 10.5. The lowest BCUT2D eigenvalue weighted by Gasteiger charge is -2.21. The van der Waals surface area contributed by atoms with E-state index in [1.807, 2.05) is 24.3 Å². The Morgan fingerprint density at radius 1 is 1.40 bits per heavy atom. The first-order valence-electron chi connectivity index (χ1n) is 4.77. The van der Waals surface area contributed by atoms with Gasteiger partial charge in [-0.2, -0.15) is 5.26 Å². The zero-order chi connectivity index (χ0) is 10.7. The third kappa shape index (κ3) is 2.31. The monoisotopic (exact) mass is 266 g/mol. The molecule has 1 N–H and O–H groups in total. The first-order chi connectivity index (χ1) is 7.24. The van der Waals surface area contributed by atoms with Crippen molar-refractivity contribution in [2.24, 2.45) is 0 Å². The number of anilines is 1. The second-order valence-electron chi connectivity index (χ2n) is 3.63. The Morgan fingerprint density at radius 2 is 2.13 bits per heavy atom. The molecule has 2 rings (SSSR count).